The predicted octanol–water partition coefficient (Wildman–Crippen LogP) is 20.4. The Labute approximate surface area is 504 Å². The third-order valence-corrected chi connectivity index (χ3v) is 20.6. The van der Waals surface area contributed by atoms with E-state index in [1.807, 2.05) is 0 Å². The Hall–Kier alpha value is -9.20. The molecule has 2 aliphatic carbocycles. The average molecular weight is 1120 g/mol. The summed E-state index contributed by atoms with van der Waals surface area (Å²) in [6.07, 6.45) is 10.7. The molecule has 420 valence electrons. The summed E-state index contributed by atoms with van der Waals surface area (Å²) in [5.41, 5.74) is 24.1. The van der Waals surface area contributed by atoms with Crippen LogP contribution in [-0.2, 0) is 5.41 Å². The standard InChI is InChI=1S/C79H68BN3O3/c1-50(2)53-34-38-61-73(48-53)85-77-76(61)82(58-28-15-8-16-29-58)68-46-56(55-36-41-71-63(45-55)60-30-17-18-32-70(60)84-71)47-69-75(68)80(77)64-39-37-59(49-67(64)83(69)65-40-35-54(51-22-9-5-10-23-51)44-62(65)52-24-11-6-12-25-52)81(57-26-13-7-14-27-57)66-31-21-33-72-74(66)78(3)42-19-20-43-79(78,4)86-72/h6-8,11-18,21,24-41,44-51H,5,9-10,19-20,22-23,42-43H2,1-4H3. The Kier molecular flexibility index (Phi) is 11.7. The van der Waals surface area contributed by atoms with Crippen molar-refractivity contribution < 1.29 is 13.6 Å². The minimum Gasteiger partial charge on any atom is -0.486 e. The second-order valence-electron chi connectivity index (χ2n) is 25.8. The van der Waals surface area contributed by atoms with E-state index in [-0.39, 0.29) is 17.7 Å². The minimum absolute atomic E-state index is 0.188. The van der Waals surface area contributed by atoms with Crippen LogP contribution >= 0.6 is 0 Å². The fourth-order valence-corrected chi connectivity index (χ4v) is 16.1. The first-order chi connectivity index (χ1) is 42.2. The average Bonchev–Trinajstić information content (AvgIpc) is 1.23. The highest BCUT2D eigenvalue weighted by molar-refractivity contribution is 7.00. The van der Waals surface area contributed by atoms with E-state index in [4.69, 9.17) is 13.6 Å². The first-order valence-corrected chi connectivity index (χ1v) is 31.5. The zero-order valence-electron chi connectivity index (χ0n) is 49.4. The van der Waals surface area contributed by atoms with Crippen LogP contribution in [0.1, 0.15) is 114 Å². The molecule has 0 N–H and O–H groups in total. The topological polar surface area (TPSA) is 45.2 Å². The third kappa shape index (κ3) is 7.78. The van der Waals surface area contributed by atoms with Gasteiger partial charge >= 0.3 is 0 Å². The zero-order chi connectivity index (χ0) is 57.4. The van der Waals surface area contributed by atoms with Gasteiger partial charge in [0.1, 0.15) is 28.1 Å². The molecule has 0 bridgehead atoms. The van der Waals surface area contributed by atoms with Gasteiger partial charge in [0.2, 0.25) is 0 Å². The van der Waals surface area contributed by atoms with Crippen molar-refractivity contribution in [3.8, 4) is 28.0 Å². The van der Waals surface area contributed by atoms with Gasteiger partial charge in [-0.25, -0.2) is 0 Å². The lowest BCUT2D eigenvalue weighted by atomic mass is 9.35. The van der Waals surface area contributed by atoms with E-state index in [1.165, 1.54) is 83.7 Å². The SMILES string of the molecule is CC(C)c1ccc2c3c(oc2c1)B1c2ccc(N(c4ccccc4)c4cccc5c4C4(C)CCCCC4(C)O5)cc2N(c2ccc(C4CCCCC4)cc2-c2ccccc2)c2cc(-c4ccc5oc6ccccc6c5c4)cc(c21)N3c1ccccc1. The summed E-state index contributed by atoms with van der Waals surface area (Å²) in [5, 5.41) is 3.31. The molecule has 3 aliphatic heterocycles. The van der Waals surface area contributed by atoms with Crippen LogP contribution in [0.4, 0.5) is 51.2 Å². The van der Waals surface area contributed by atoms with E-state index in [9.17, 15) is 0 Å². The van der Waals surface area contributed by atoms with Crippen LogP contribution in [0.5, 0.6) is 5.75 Å². The van der Waals surface area contributed by atoms with Gasteiger partial charge in [-0.2, -0.15) is 0 Å². The Morgan fingerprint density at radius 2 is 1.26 bits per heavy atom. The van der Waals surface area contributed by atoms with Crippen LogP contribution in [0.2, 0.25) is 0 Å². The molecule has 2 aromatic heterocycles. The normalized spacial score (nSPS) is 18.7. The van der Waals surface area contributed by atoms with Crippen molar-refractivity contribution in [3.63, 3.8) is 0 Å². The van der Waals surface area contributed by atoms with Gasteiger partial charge in [0.15, 0.2) is 0 Å². The maximum Gasteiger partial charge on any atom is 0.297 e. The summed E-state index contributed by atoms with van der Waals surface area (Å²) in [4.78, 5) is 7.68. The summed E-state index contributed by atoms with van der Waals surface area (Å²) in [6, 6.07) is 81.8. The lowest BCUT2D eigenvalue weighted by Gasteiger charge is -2.45. The van der Waals surface area contributed by atoms with E-state index in [0.29, 0.717) is 11.8 Å². The molecule has 2 unspecified atom stereocenters. The van der Waals surface area contributed by atoms with Crippen LogP contribution in [0.3, 0.4) is 0 Å². The van der Waals surface area contributed by atoms with Crippen molar-refractivity contribution in [2.45, 2.75) is 108 Å². The van der Waals surface area contributed by atoms with Crippen molar-refractivity contribution in [1.29, 1.82) is 0 Å². The molecule has 86 heavy (non-hydrogen) atoms. The first kappa shape index (κ1) is 51.2. The molecule has 7 heteroatoms. The van der Waals surface area contributed by atoms with Crippen molar-refractivity contribution in [3.05, 3.63) is 235 Å². The van der Waals surface area contributed by atoms with E-state index < -0.39 is 0 Å². The Morgan fingerprint density at radius 1 is 0.512 bits per heavy atom. The second kappa shape index (κ2) is 19.7. The van der Waals surface area contributed by atoms with Gasteiger partial charge in [-0.05, 0) is 193 Å². The molecule has 2 atom stereocenters. The predicted molar refractivity (Wildman–Crippen MR) is 358 cm³/mol. The largest absolute Gasteiger partial charge is 0.486 e. The van der Waals surface area contributed by atoms with Crippen molar-refractivity contribution in [2.24, 2.45) is 0 Å². The van der Waals surface area contributed by atoms with Gasteiger partial charge in [0.05, 0.1) is 22.7 Å². The number of anilines is 9. The minimum atomic E-state index is -0.306. The molecule has 5 heterocycles. The summed E-state index contributed by atoms with van der Waals surface area (Å²) in [5.74, 6) is 1.84. The molecule has 0 amide bonds. The number of hydrogen-bond donors (Lipinski definition) is 0. The van der Waals surface area contributed by atoms with E-state index in [1.54, 1.807) is 0 Å². The number of para-hydroxylation sites is 3. The molecule has 17 rings (SSSR count). The molecule has 2 saturated carbocycles. The second-order valence-corrected chi connectivity index (χ2v) is 25.8. The highest BCUT2D eigenvalue weighted by Crippen LogP contribution is 2.61. The smallest absolute Gasteiger partial charge is 0.297 e. The maximum absolute atomic E-state index is 7.59. The van der Waals surface area contributed by atoms with Gasteiger partial charge in [-0.1, -0.05) is 162 Å². The van der Waals surface area contributed by atoms with Crippen LogP contribution in [-0.4, -0.2) is 12.3 Å². The Bertz CT molecular complexity index is 4660. The quantitative estimate of drug-likeness (QED) is 0.134. The molecule has 10 aromatic carbocycles. The molecule has 0 radical (unpaired) electrons. The number of ether oxygens (including phenoxy) is 1. The highest BCUT2D eigenvalue weighted by Gasteiger charge is 2.57. The molecule has 0 saturated heterocycles. The van der Waals surface area contributed by atoms with Crippen LogP contribution in [0.15, 0.2) is 227 Å². The number of hydrogen-bond acceptors (Lipinski definition) is 6. The van der Waals surface area contributed by atoms with E-state index >= 15 is 0 Å². The zero-order valence-corrected chi connectivity index (χ0v) is 49.4. The van der Waals surface area contributed by atoms with Gasteiger partial charge < -0.3 is 28.3 Å². The summed E-state index contributed by atoms with van der Waals surface area (Å²) < 4.78 is 21.3. The lowest BCUT2D eigenvalue weighted by molar-refractivity contribution is 0.00749. The van der Waals surface area contributed by atoms with Gasteiger partial charge in [0.25, 0.3) is 6.71 Å². The Morgan fingerprint density at radius 3 is 2.07 bits per heavy atom. The number of benzene rings is 10. The van der Waals surface area contributed by atoms with Crippen molar-refractivity contribution >= 4 is 107 Å². The number of fused-ring (bicyclic) bond motifs is 12. The summed E-state index contributed by atoms with van der Waals surface area (Å²) in [6.45, 7) is 9.09. The maximum atomic E-state index is 7.59. The number of nitrogens with zero attached hydrogens (tertiary/aromatic N) is 3. The van der Waals surface area contributed by atoms with Gasteiger partial charge in [0, 0.05) is 66.8 Å². The number of rotatable bonds is 9. The number of furan rings is 2. The van der Waals surface area contributed by atoms with E-state index in [2.05, 4.69) is 261 Å². The summed E-state index contributed by atoms with van der Waals surface area (Å²) >= 11 is 0. The molecule has 12 aromatic rings. The first-order valence-electron chi connectivity index (χ1n) is 31.5. The molecule has 5 aliphatic rings. The van der Waals surface area contributed by atoms with Crippen LogP contribution in [0.25, 0.3) is 55.2 Å². The van der Waals surface area contributed by atoms with Crippen molar-refractivity contribution in [2.75, 3.05) is 14.7 Å². The third-order valence-electron chi connectivity index (χ3n) is 20.6. The molecule has 0 spiro atoms. The van der Waals surface area contributed by atoms with E-state index in [0.717, 1.165) is 119 Å². The fraction of sp³-hybridized carbons (Fsp3) is 0.215. The molecule has 6 nitrogen and oxygen atoms in total. The summed E-state index contributed by atoms with van der Waals surface area (Å²) in [7, 11) is 0. The highest BCUT2D eigenvalue weighted by atomic mass is 16.5. The fourth-order valence-electron chi connectivity index (χ4n) is 16.1. The van der Waals surface area contributed by atoms with Gasteiger partial charge in [-0.3, -0.25) is 0 Å². The van der Waals surface area contributed by atoms with Gasteiger partial charge in [-0.15, -0.1) is 0 Å². The lowest BCUT2D eigenvalue weighted by Crippen LogP contribution is -2.61. The monoisotopic (exact) mass is 1120 g/mol. The van der Waals surface area contributed by atoms with Crippen molar-refractivity contribution in [1.82, 2.24) is 0 Å². The Balaban J connectivity index is 0.990. The molecular weight excluding hydrogens is 1050 g/mol. The van der Waals surface area contributed by atoms with Crippen LogP contribution < -0.4 is 36.0 Å². The van der Waals surface area contributed by atoms with Crippen LogP contribution in [0, 0.1) is 0 Å². The molecule has 2 fully saturated rings. The molecular formula is C79H68BN3O3.